The van der Waals surface area contributed by atoms with E-state index in [0.717, 1.165) is 38.5 Å². The maximum atomic E-state index is 13.4. The number of aliphatic hydroxyl groups excluding tert-OH is 8. The van der Waals surface area contributed by atoms with Gasteiger partial charge in [0.05, 0.1) is 32.0 Å². The molecule has 556 valence electrons. The predicted octanol–water partition coefficient (Wildman–Crippen LogP) is 18.3. The second-order valence-electron chi connectivity index (χ2n) is 28.9. The quantitative estimate of drug-likeness (QED) is 0.0204. The van der Waals surface area contributed by atoms with Gasteiger partial charge in [-0.15, -0.1) is 0 Å². The molecule has 2 aliphatic heterocycles. The van der Waals surface area contributed by atoms with Gasteiger partial charge < -0.3 is 65.1 Å². The van der Waals surface area contributed by atoms with Crippen LogP contribution in [0.3, 0.4) is 0 Å². The first-order valence-corrected chi connectivity index (χ1v) is 40.6. The molecular formula is C80H153NO13. The highest BCUT2D eigenvalue weighted by molar-refractivity contribution is 5.76. The zero-order valence-corrected chi connectivity index (χ0v) is 61.0. The lowest BCUT2D eigenvalue weighted by atomic mass is 9.97. The Labute approximate surface area is 577 Å². The Kier molecular flexibility index (Phi) is 61.1. The van der Waals surface area contributed by atoms with Gasteiger partial charge in [-0.05, 0) is 44.9 Å². The molecule has 0 spiro atoms. The molecular weight excluding hydrogens is 1180 g/mol. The van der Waals surface area contributed by atoms with E-state index in [1.165, 1.54) is 321 Å². The van der Waals surface area contributed by atoms with Crippen molar-refractivity contribution in [1.29, 1.82) is 0 Å². The third-order valence-electron chi connectivity index (χ3n) is 20.1. The summed E-state index contributed by atoms with van der Waals surface area (Å²) in [6, 6.07) is -0.912. The zero-order valence-electron chi connectivity index (χ0n) is 61.0. The molecule has 2 aliphatic rings. The average Bonchev–Trinajstić information content (AvgIpc) is 0.794. The fourth-order valence-electron chi connectivity index (χ4n) is 13.7. The Morgan fingerprint density at radius 3 is 1.01 bits per heavy atom. The number of aliphatic hydroxyl groups is 8. The van der Waals surface area contributed by atoms with Gasteiger partial charge in [0.25, 0.3) is 0 Å². The smallest absolute Gasteiger partial charge is 0.220 e. The first-order valence-electron chi connectivity index (χ1n) is 40.6. The first-order chi connectivity index (χ1) is 46.1. The molecule has 2 rings (SSSR count). The molecule has 0 aliphatic carbocycles. The summed E-state index contributed by atoms with van der Waals surface area (Å²) in [5, 5.41) is 87.6. The van der Waals surface area contributed by atoms with E-state index in [0.29, 0.717) is 6.42 Å². The lowest BCUT2D eigenvalue weighted by Crippen LogP contribution is -2.65. The number of hydrogen-bond donors (Lipinski definition) is 9. The van der Waals surface area contributed by atoms with E-state index < -0.39 is 86.8 Å². The van der Waals surface area contributed by atoms with Crippen LogP contribution >= 0.6 is 0 Å². The largest absolute Gasteiger partial charge is 0.394 e. The fourth-order valence-corrected chi connectivity index (χ4v) is 13.7. The van der Waals surface area contributed by atoms with Crippen LogP contribution in [0, 0.1) is 0 Å². The van der Waals surface area contributed by atoms with E-state index in [2.05, 4.69) is 31.3 Å². The van der Waals surface area contributed by atoms with Crippen molar-refractivity contribution in [1.82, 2.24) is 5.32 Å². The van der Waals surface area contributed by atoms with Crippen LogP contribution in [0.4, 0.5) is 0 Å². The van der Waals surface area contributed by atoms with Crippen LogP contribution in [-0.2, 0) is 23.7 Å². The minimum Gasteiger partial charge on any atom is -0.394 e. The van der Waals surface area contributed by atoms with Crippen molar-refractivity contribution in [3.05, 3.63) is 24.3 Å². The SMILES string of the molecule is CCCCCCCCCC/C=C\CCCCCCCCCCCCCCCCCCCCCCCCCCCCCCCC(=O)NC(COC1OC(CO)C(OC2OC(CO)C(O)C(O)C2O)C(O)C1O)C(O)/C=C/CCCCCCCCCCCCCCCCCCC. The molecule has 0 aromatic rings. The Bertz CT molecular complexity index is 1670. The number of allylic oxidation sites excluding steroid dienone is 3. The highest BCUT2D eigenvalue weighted by atomic mass is 16.7. The summed E-state index contributed by atoms with van der Waals surface area (Å²) in [5.41, 5.74) is 0. The minimum atomic E-state index is -1.79. The Hall–Kier alpha value is -1.53. The number of rotatable bonds is 69. The van der Waals surface area contributed by atoms with Gasteiger partial charge in [0.15, 0.2) is 12.6 Å². The summed E-state index contributed by atoms with van der Waals surface area (Å²) in [4.78, 5) is 13.4. The van der Waals surface area contributed by atoms with Gasteiger partial charge in [0.1, 0.15) is 48.8 Å². The first kappa shape index (κ1) is 88.6. The molecule has 12 unspecified atom stereocenters. The van der Waals surface area contributed by atoms with Crippen LogP contribution in [0.2, 0.25) is 0 Å². The Balaban J connectivity index is 1.54. The number of unbranched alkanes of at least 4 members (excludes halogenated alkanes) is 54. The van der Waals surface area contributed by atoms with Gasteiger partial charge in [0, 0.05) is 6.42 Å². The molecule has 2 saturated heterocycles. The molecule has 12 atom stereocenters. The third kappa shape index (κ3) is 47.5. The normalized spacial score (nSPS) is 22.5. The molecule has 14 nitrogen and oxygen atoms in total. The van der Waals surface area contributed by atoms with Crippen molar-refractivity contribution in [2.45, 2.75) is 460 Å². The number of carbonyl (C=O) groups is 1. The van der Waals surface area contributed by atoms with Gasteiger partial charge in [0.2, 0.25) is 5.91 Å². The van der Waals surface area contributed by atoms with Crippen LogP contribution in [0.5, 0.6) is 0 Å². The van der Waals surface area contributed by atoms with Crippen molar-refractivity contribution in [2.75, 3.05) is 19.8 Å². The van der Waals surface area contributed by atoms with Gasteiger partial charge >= 0.3 is 0 Å². The minimum absolute atomic E-state index is 0.230. The standard InChI is InChI=1S/C80H153NO13/c1-3-5-7-9-11-13-15-17-19-21-23-24-25-26-27-28-29-30-31-32-33-34-35-36-37-38-39-40-41-42-43-44-46-48-50-52-54-56-58-60-62-64-72(85)81-68(69(84)63-61-59-57-55-53-51-49-47-45-22-20-18-16-14-12-10-8-6-4-2)67-91-79-77(90)75(88)78(71(66-83)93-79)94-80-76(89)74(87)73(86)70(65-82)92-80/h21,23,61,63,68-71,73-80,82-84,86-90H,3-20,22,24-60,62,64-67H2,1-2H3,(H,81,85)/b23-21-,63-61+. The zero-order chi connectivity index (χ0) is 68.0. The maximum absolute atomic E-state index is 13.4. The monoisotopic (exact) mass is 1340 g/mol. The lowest BCUT2D eigenvalue weighted by molar-refractivity contribution is -0.359. The lowest BCUT2D eigenvalue weighted by Gasteiger charge is -2.46. The number of hydrogen-bond acceptors (Lipinski definition) is 13. The van der Waals surface area contributed by atoms with Crippen molar-refractivity contribution in [3.63, 3.8) is 0 Å². The Morgan fingerprint density at radius 2 is 0.670 bits per heavy atom. The highest BCUT2D eigenvalue weighted by Gasteiger charge is 2.51. The number of amides is 1. The van der Waals surface area contributed by atoms with Crippen LogP contribution < -0.4 is 5.32 Å². The molecule has 1 amide bonds. The van der Waals surface area contributed by atoms with E-state index in [9.17, 15) is 45.6 Å². The molecule has 0 saturated carbocycles. The summed E-state index contributed by atoms with van der Waals surface area (Å²) in [5.74, 6) is -0.230. The van der Waals surface area contributed by atoms with E-state index in [1.54, 1.807) is 6.08 Å². The van der Waals surface area contributed by atoms with Crippen molar-refractivity contribution in [3.8, 4) is 0 Å². The van der Waals surface area contributed by atoms with Gasteiger partial charge in [-0.25, -0.2) is 0 Å². The molecule has 0 aromatic heterocycles. The molecule has 0 bridgehead atoms. The molecule has 14 heteroatoms. The Morgan fingerprint density at radius 1 is 0.372 bits per heavy atom. The molecule has 9 N–H and O–H groups in total. The molecule has 0 aromatic carbocycles. The molecule has 0 radical (unpaired) electrons. The van der Waals surface area contributed by atoms with Crippen molar-refractivity contribution in [2.24, 2.45) is 0 Å². The van der Waals surface area contributed by atoms with E-state index in [1.807, 2.05) is 6.08 Å². The summed E-state index contributed by atoms with van der Waals surface area (Å²) in [6.07, 6.45) is 67.1. The van der Waals surface area contributed by atoms with E-state index in [4.69, 9.17) is 18.9 Å². The van der Waals surface area contributed by atoms with Crippen molar-refractivity contribution >= 4 is 5.91 Å². The average molecular weight is 1340 g/mol. The summed E-state index contributed by atoms with van der Waals surface area (Å²) < 4.78 is 22.9. The van der Waals surface area contributed by atoms with Crippen LogP contribution in [0.15, 0.2) is 24.3 Å². The van der Waals surface area contributed by atoms with Gasteiger partial charge in [-0.2, -0.15) is 0 Å². The molecule has 94 heavy (non-hydrogen) atoms. The van der Waals surface area contributed by atoms with Crippen LogP contribution in [0.25, 0.3) is 0 Å². The van der Waals surface area contributed by atoms with Crippen molar-refractivity contribution < 1.29 is 64.6 Å². The van der Waals surface area contributed by atoms with Crippen LogP contribution in [-0.4, -0.2) is 140 Å². The number of nitrogens with one attached hydrogen (secondary N) is 1. The second kappa shape index (κ2) is 64.8. The van der Waals surface area contributed by atoms with Gasteiger partial charge in [-0.1, -0.05) is 359 Å². The molecule has 2 fully saturated rings. The number of ether oxygens (including phenoxy) is 4. The molecule has 2 heterocycles. The highest BCUT2D eigenvalue weighted by Crippen LogP contribution is 2.30. The second-order valence-corrected chi connectivity index (χ2v) is 28.9. The predicted molar refractivity (Wildman–Crippen MR) is 388 cm³/mol. The van der Waals surface area contributed by atoms with Gasteiger partial charge in [-0.3, -0.25) is 4.79 Å². The summed E-state index contributed by atoms with van der Waals surface area (Å²) in [6.45, 7) is 2.86. The summed E-state index contributed by atoms with van der Waals surface area (Å²) in [7, 11) is 0. The van der Waals surface area contributed by atoms with Crippen LogP contribution in [0.1, 0.15) is 386 Å². The number of carbonyl (C=O) groups excluding carboxylic acids is 1. The van der Waals surface area contributed by atoms with E-state index in [-0.39, 0.29) is 18.9 Å². The summed E-state index contributed by atoms with van der Waals surface area (Å²) >= 11 is 0. The fraction of sp³-hybridized carbons (Fsp3) is 0.938. The maximum Gasteiger partial charge on any atom is 0.220 e. The third-order valence-corrected chi connectivity index (χ3v) is 20.1. The van der Waals surface area contributed by atoms with E-state index >= 15 is 0 Å². The topological polar surface area (TPSA) is 228 Å².